The van der Waals surface area contributed by atoms with Gasteiger partial charge in [0.1, 0.15) is 11.4 Å². The van der Waals surface area contributed by atoms with E-state index in [0.717, 1.165) is 11.4 Å². The van der Waals surface area contributed by atoms with Gasteiger partial charge in [-0.15, -0.1) is 11.3 Å². The SMILES string of the molecule is Nc1cn[nH]c1-c1cscn1. The average molecular weight is 166 g/mol. The summed E-state index contributed by atoms with van der Waals surface area (Å²) in [7, 11) is 0. The molecule has 0 saturated carbocycles. The lowest BCUT2D eigenvalue weighted by molar-refractivity contribution is 1.09. The zero-order chi connectivity index (χ0) is 7.68. The maximum absolute atomic E-state index is 5.60. The number of aromatic nitrogens is 3. The van der Waals surface area contributed by atoms with E-state index in [9.17, 15) is 0 Å². The first-order chi connectivity index (χ1) is 5.38. The Morgan fingerprint density at radius 1 is 1.55 bits per heavy atom. The number of H-pyrrole nitrogens is 1. The predicted molar refractivity (Wildman–Crippen MR) is 44.1 cm³/mol. The Bertz CT molecular complexity index is 337. The van der Waals surface area contributed by atoms with Crippen molar-refractivity contribution >= 4 is 17.0 Å². The minimum Gasteiger partial charge on any atom is -0.396 e. The highest BCUT2D eigenvalue weighted by molar-refractivity contribution is 7.07. The van der Waals surface area contributed by atoms with Crippen molar-refractivity contribution in [1.82, 2.24) is 15.2 Å². The predicted octanol–water partition coefficient (Wildman–Crippen LogP) is 1.12. The van der Waals surface area contributed by atoms with E-state index in [4.69, 9.17) is 5.73 Å². The first-order valence-corrected chi connectivity index (χ1v) is 3.99. The number of hydrogen-bond donors (Lipinski definition) is 2. The van der Waals surface area contributed by atoms with Crippen molar-refractivity contribution in [3.05, 3.63) is 17.1 Å². The highest BCUT2D eigenvalue weighted by atomic mass is 32.1. The average Bonchev–Trinajstić information content (AvgIpc) is 2.55. The second-order valence-corrected chi connectivity index (χ2v) is 2.79. The summed E-state index contributed by atoms with van der Waals surface area (Å²) in [6.07, 6.45) is 1.58. The number of nitrogens with two attached hydrogens (primary N) is 1. The molecule has 0 amide bonds. The molecule has 56 valence electrons. The zero-order valence-corrected chi connectivity index (χ0v) is 6.43. The van der Waals surface area contributed by atoms with Crippen molar-refractivity contribution in [2.24, 2.45) is 0 Å². The highest BCUT2D eigenvalue weighted by Crippen LogP contribution is 2.21. The van der Waals surface area contributed by atoms with Crippen molar-refractivity contribution in [2.45, 2.75) is 0 Å². The van der Waals surface area contributed by atoms with Crippen LogP contribution >= 0.6 is 11.3 Å². The number of anilines is 1. The van der Waals surface area contributed by atoms with Gasteiger partial charge in [0.25, 0.3) is 0 Å². The van der Waals surface area contributed by atoms with Gasteiger partial charge in [-0.05, 0) is 0 Å². The van der Waals surface area contributed by atoms with Gasteiger partial charge in [0, 0.05) is 5.38 Å². The molecule has 11 heavy (non-hydrogen) atoms. The Balaban J connectivity index is 2.53. The molecule has 2 heterocycles. The summed E-state index contributed by atoms with van der Waals surface area (Å²) in [4.78, 5) is 4.09. The molecule has 0 radical (unpaired) electrons. The molecular formula is C6H6N4S. The summed E-state index contributed by atoms with van der Waals surface area (Å²) in [5.41, 5.74) is 9.65. The largest absolute Gasteiger partial charge is 0.396 e. The molecule has 0 aromatic carbocycles. The number of nitrogens with one attached hydrogen (secondary N) is 1. The van der Waals surface area contributed by atoms with E-state index in [-0.39, 0.29) is 0 Å². The lowest BCUT2D eigenvalue weighted by Gasteiger charge is -1.90. The van der Waals surface area contributed by atoms with E-state index in [1.807, 2.05) is 5.38 Å². The van der Waals surface area contributed by atoms with Crippen LogP contribution in [0.4, 0.5) is 5.69 Å². The van der Waals surface area contributed by atoms with Crippen molar-refractivity contribution in [2.75, 3.05) is 5.73 Å². The summed E-state index contributed by atoms with van der Waals surface area (Å²) in [5.74, 6) is 0. The maximum Gasteiger partial charge on any atom is 0.107 e. The molecule has 0 atom stereocenters. The molecule has 0 aliphatic carbocycles. The molecule has 2 aromatic rings. The molecule has 2 aromatic heterocycles. The minimum absolute atomic E-state index is 0.635. The van der Waals surface area contributed by atoms with Crippen LogP contribution in [0.1, 0.15) is 0 Å². The molecule has 3 N–H and O–H groups in total. The van der Waals surface area contributed by atoms with Crippen molar-refractivity contribution in [3.63, 3.8) is 0 Å². The van der Waals surface area contributed by atoms with Gasteiger partial charge in [-0.2, -0.15) is 5.10 Å². The molecule has 0 fully saturated rings. The van der Waals surface area contributed by atoms with Crippen molar-refractivity contribution < 1.29 is 0 Å². The zero-order valence-electron chi connectivity index (χ0n) is 5.61. The van der Waals surface area contributed by atoms with Gasteiger partial charge in [0.2, 0.25) is 0 Å². The van der Waals surface area contributed by atoms with E-state index < -0.39 is 0 Å². The lowest BCUT2D eigenvalue weighted by Crippen LogP contribution is -1.85. The third-order valence-electron chi connectivity index (χ3n) is 1.36. The monoisotopic (exact) mass is 166 g/mol. The van der Waals surface area contributed by atoms with E-state index in [2.05, 4.69) is 15.2 Å². The Kier molecular flexibility index (Phi) is 1.36. The van der Waals surface area contributed by atoms with Crippen LogP contribution in [0.5, 0.6) is 0 Å². The topological polar surface area (TPSA) is 67.6 Å². The summed E-state index contributed by atoms with van der Waals surface area (Å²) < 4.78 is 0. The van der Waals surface area contributed by atoms with Crippen LogP contribution in [0.2, 0.25) is 0 Å². The van der Waals surface area contributed by atoms with Crippen LogP contribution in [-0.2, 0) is 0 Å². The molecule has 0 spiro atoms. The van der Waals surface area contributed by atoms with Gasteiger partial charge in [0.05, 0.1) is 17.4 Å². The Morgan fingerprint density at radius 3 is 3.00 bits per heavy atom. The first-order valence-electron chi connectivity index (χ1n) is 3.05. The fourth-order valence-corrected chi connectivity index (χ4v) is 1.38. The van der Waals surface area contributed by atoms with Gasteiger partial charge in [-0.25, -0.2) is 4.98 Å². The maximum atomic E-state index is 5.60. The molecule has 4 nitrogen and oxygen atoms in total. The second-order valence-electron chi connectivity index (χ2n) is 2.07. The quantitative estimate of drug-likeness (QED) is 0.667. The van der Waals surface area contributed by atoms with E-state index >= 15 is 0 Å². The number of thiazole rings is 1. The van der Waals surface area contributed by atoms with Crippen LogP contribution in [0, 0.1) is 0 Å². The Labute approximate surface area is 67.1 Å². The first kappa shape index (κ1) is 6.36. The van der Waals surface area contributed by atoms with Crippen LogP contribution < -0.4 is 5.73 Å². The van der Waals surface area contributed by atoms with E-state index in [1.54, 1.807) is 11.7 Å². The molecule has 0 bridgehead atoms. The number of nitrogens with zero attached hydrogens (tertiary/aromatic N) is 2. The second kappa shape index (κ2) is 2.35. The summed E-state index contributed by atoms with van der Waals surface area (Å²) in [6, 6.07) is 0. The third-order valence-corrected chi connectivity index (χ3v) is 1.94. The van der Waals surface area contributed by atoms with Crippen LogP contribution in [0.15, 0.2) is 17.1 Å². The summed E-state index contributed by atoms with van der Waals surface area (Å²) >= 11 is 1.53. The minimum atomic E-state index is 0.635. The number of rotatable bonds is 1. The molecular weight excluding hydrogens is 160 g/mol. The number of hydrogen-bond acceptors (Lipinski definition) is 4. The molecule has 0 aliphatic heterocycles. The molecule has 0 aliphatic rings. The van der Waals surface area contributed by atoms with Crippen molar-refractivity contribution in [1.29, 1.82) is 0 Å². The summed E-state index contributed by atoms with van der Waals surface area (Å²) in [6.45, 7) is 0. The van der Waals surface area contributed by atoms with Crippen molar-refractivity contribution in [3.8, 4) is 11.4 Å². The number of nitrogen functional groups attached to an aromatic ring is 1. The van der Waals surface area contributed by atoms with Crippen LogP contribution in [0.3, 0.4) is 0 Å². The lowest BCUT2D eigenvalue weighted by atomic mass is 10.3. The summed E-state index contributed by atoms with van der Waals surface area (Å²) in [5, 5.41) is 8.49. The Morgan fingerprint density at radius 2 is 2.45 bits per heavy atom. The standard InChI is InChI=1S/C6H6N4S/c7-4-1-9-10-6(4)5-2-11-3-8-5/h1-3H,7H2,(H,9,10). The fourth-order valence-electron chi connectivity index (χ4n) is 0.837. The molecule has 0 unspecified atom stereocenters. The Hall–Kier alpha value is -1.36. The van der Waals surface area contributed by atoms with Gasteiger partial charge in [-0.1, -0.05) is 0 Å². The van der Waals surface area contributed by atoms with Crippen LogP contribution in [0.25, 0.3) is 11.4 Å². The van der Waals surface area contributed by atoms with Gasteiger partial charge >= 0.3 is 0 Å². The van der Waals surface area contributed by atoms with Gasteiger partial charge in [-0.3, -0.25) is 5.10 Å². The van der Waals surface area contributed by atoms with Crippen LogP contribution in [-0.4, -0.2) is 15.2 Å². The molecule has 2 rings (SSSR count). The van der Waals surface area contributed by atoms with E-state index in [1.165, 1.54) is 11.3 Å². The normalized spacial score (nSPS) is 10.2. The van der Waals surface area contributed by atoms with Gasteiger partial charge in [0.15, 0.2) is 0 Å². The van der Waals surface area contributed by atoms with Gasteiger partial charge < -0.3 is 5.73 Å². The highest BCUT2D eigenvalue weighted by Gasteiger charge is 2.04. The fraction of sp³-hybridized carbons (Fsp3) is 0. The molecule has 0 saturated heterocycles. The van der Waals surface area contributed by atoms with E-state index in [0.29, 0.717) is 5.69 Å². The smallest absolute Gasteiger partial charge is 0.107 e. The molecule has 5 heteroatoms. The number of aromatic amines is 1. The third kappa shape index (κ3) is 0.988.